The first-order valence-electron chi connectivity index (χ1n) is 18.4. The third-order valence-electron chi connectivity index (χ3n) is 10.5. The van der Waals surface area contributed by atoms with Gasteiger partial charge in [-0.2, -0.15) is 0 Å². The van der Waals surface area contributed by atoms with Crippen molar-refractivity contribution in [1.29, 1.82) is 0 Å². The van der Waals surface area contributed by atoms with Crippen molar-refractivity contribution in [2.45, 2.75) is 0 Å². The van der Waals surface area contributed by atoms with Crippen molar-refractivity contribution in [2.24, 2.45) is 0 Å². The Morgan fingerprint density at radius 3 is 1.43 bits per heavy atom. The Hall–Kier alpha value is -7.16. The van der Waals surface area contributed by atoms with Gasteiger partial charge in [0.05, 0.1) is 5.69 Å². The number of para-hydroxylation sites is 2. The molecule has 0 aliphatic heterocycles. The average Bonchev–Trinajstić information content (AvgIpc) is 3.64. The summed E-state index contributed by atoms with van der Waals surface area (Å²) in [6.45, 7) is 0. The molecule has 10 rings (SSSR count). The van der Waals surface area contributed by atoms with E-state index >= 15 is 0 Å². The summed E-state index contributed by atoms with van der Waals surface area (Å²) in [5.74, 6) is 0. The normalized spacial score (nSPS) is 11.3. The summed E-state index contributed by atoms with van der Waals surface area (Å²) in [6.07, 6.45) is 0. The number of furan rings is 1. The highest BCUT2D eigenvalue weighted by molar-refractivity contribution is 6.12. The average molecular weight is 690 g/mol. The number of fused-ring (bicyclic) bond motifs is 4. The zero-order chi connectivity index (χ0) is 35.8. The van der Waals surface area contributed by atoms with Crippen molar-refractivity contribution < 1.29 is 4.42 Å². The van der Waals surface area contributed by atoms with Gasteiger partial charge in [-0.05, 0) is 104 Å². The molecule has 0 saturated carbocycles. The van der Waals surface area contributed by atoms with Gasteiger partial charge in [-0.3, -0.25) is 0 Å². The van der Waals surface area contributed by atoms with Gasteiger partial charge in [0.15, 0.2) is 5.58 Å². The molecule has 0 atom stereocenters. The van der Waals surface area contributed by atoms with Crippen LogP contribution in [0.25, 0.3) is 77.2 Å². The van der Waals surface area contributed by atoms with Gasteiger partial charge >= 0.3 is 0 Å². The predicted molar refractivity (Wildman–Crippen MR) is 228 cm³/mol. The van der Waals surface area contributed by atoms with Crippen molar-refractivity contribution in [3.8, 4) is 44.5 Å². The SMILES string of the molecule is c1ccc(-c2ccc(-c3ccc(-c4ccc(N(c5ccccc5)c5cc(-c6ccc7ccccc7c6)cc6c5oc5ccccc56)cc4)cc3)cc2)cc1. The third-order valence-corrected chi connectivity index (χ3v) is 10.5. The Balaban J connectivity index is 1.04. The van der Waals surface area contributed by atoms with Crippen molar-refractivity contribution in [1.82, 2.24) is 0 Å². The summed E-state index contributed by atoms with van der Waals surface area (Å²) < 4.78 is 6.70. The maximum atomic E-state index is 6.70. The van der Waals surface area contributed by atoms with Crippen LogP contribution in [-0.2, 0) is 0 Å². The first-order chi connectivity index (χ1) is 26.7. The Morgan fingerprint density at radius 1 is 0.296 bits per heavy atom. The van der Waals surface area contributed by atoms with E-state index in [1.54, 1.807) is 0 Å². The molecule has 0 amide bonds. The Labute approximate surface area is 314 Å². The summed E-state index contributed by atoms with van der Waals surface area (Å²) in [4.78, 5) is 2.32. The van der Waals surface area contributed by atoms with E-state index in [0.29, 0.717) is 0 Å². The molecule has 9 aromatic carbocycles. The lowest BCUT2D eigenvalue weighted by Crippen LogP contribution is -2.10. The number of hydrogen-bond acceptors (Lipinski definition) is 2. The molecule has 0 bridgehead atoms. The molecule has 54 heavy (non-hydrogen) atoms. The first kappa shape index (κ1) is 31.6. The molecule has 2 heteroatoms. The van der Waals surface area contributed by atoms with Gasteiger partial charge < -0.3 is 9.32 Å². The maximum absolute atomic E-state index is 6.70. The van der Waals surface area contributed by atoms with E-state index in [4.69, 9.17) is 4.42 Å². The Kier molecular flexibility index (Phi) is 7.85. The van der Waals surface area contributed by atoms with Crippen LogP contribution >= 0.6 is 0 Å². The zero-order valence-corrected chi connectivity index (χ0v) is 29.6. The fraction of sp³-hybridized carbons (Fsp3) is 0. The van der Waals surface area contributed by atoms with Gasteiger partial charge in [-0.1, -0.05) is 164 Å². The quantitative estimate of drug-likeness (QED) is 0.166. The summed E-state index contributed by atoms with van der Waals surface area (Å²) >= 11 is 0. The van der Waals surface area contributed by atoms with Gasteiger partial charge in [-0.15, -0.1) is 0 Å². The van der Waals surface area contributed by atoms with Gasteiger partial charge in [0, 0.05) is 22.1 Å². The maximum Gasteiger partial charge on any atom is 0.159 e. The van der Waals surface area contributed by atoms with Crippen molar-refractivity contribution in [3.63, 3.8) is 0 Å². The van der Waals surface area contributed by atoms with Gasteiger partial charge in [0.1, 0.15) is 5.58 Å². The summed E-state index contributed by atoms with van der Waals surface area (Å²) in [5.41, 5.74) is 14.4. The molecule has 0 spiro atoms. The van der Waals surface area contributed by atoms with Crippen LogP contribution in [0.2, 0.25) is 0 Å². The van der Waals surface area contributed by atoms with E-state index in [-0.39, 0.29) is 0 Å². The lowest BCUT2D eigenvalue weighted by atomic mass is 9.97. The van der Waals surface area contributed by atoms with Crippen LogP contribution in [0.4, 0.5) is 17.1 Å². The lowest BCUT2D eigenvalue weighted by molar-refractivity contribution is 0.669. The highest BCUT2D eigenvalue weighted by Gasteiger charge is 2.21. The third kappa shape index (κ3) is 5.81. The second-order valence-electron chi connectivity index (χ2n) is 13.8. The molecular formula is C52H35NO. The van der Waals surface area contributed by atoms with Crippen LogP contribution in [0.1, 0.15) is 0 Å². The van der Waals surface area contributed by atoms with Crippen molar-refractivity contribution >= 4 is 49.8 Å². The molecule has 2 nitrogen and oxygen atoms in total. The summed E-state index contributed by atoms with van der Waals surface area (Å²) in [6, 6.07) is 75.8. The van der Waals surface area contributed by atoms with Crippen LogP contribution in [0.15, 0.2) is 217 Å². The van der Waals surface area contributed by atoms with Crippen molar-refractivity contribution in [2.75, 3.05) is 4.90 Å². The number of benzene rings is 9. The fourth-order valence-corrected chi connectivity index (χ4v) is 7.66. The van der Waals surface area contributed by atoms with Crippen molar-refractivity contribution in [3.05, 3.63) is 212 Å². The minimum Gasteiger partial charge on any atom is -0.454 e. The van der Waals surface area contributed by atoms with E-state index in [1.165, 1.54) is 44.2 Å². The zero-order valence-electron chi connectivity index (χ0n) is 29.6. The molecule has 0 N–H and O–H groups in total. The minimum absolute atomic E-state index is 0.862. The van der Waals surface area contributed by atoms with Crippen LogP contribution in [0, 0.1) is 0 Å². The molecule has 0 aliphatic rings. The summed E-state index contributed by atoms with van der Waals surface area (Å²) in [7, 11) is 0. The monoisotopic (exact) mass is 689 g/mol. The van der Waals surface area contributed by atoms with E-state index < -0.39 is 0 Å². The standard InChI is InChI=1S/C52H35NO/c1-3-11-36(12-4-1)38-19-21-39(22-20-38)40-23-25-41(26-24-40)42-29-31-47(32-30-42)53(46-15-5-2-6-16-46)50-35-45(44-28-27-37-13-7-8-14-43(37)33-44)34-49-48-17-9-10-18-51(48)54-52(49)50/h1-35H. The Morgan fingerprint density at radius 2 is 0.778 bits per heavy atom. The van der Waals surface area contributed by atoms with Crippen LogP contribution in [0.5, 0.6) is 0 Å². The molecule has 0 fully saturated rings. The highest BCUT2D eigenvalue weighted by Crippen LogP contribution is 2.45. The van der Waals surface area contributed by atoms with Crippen LogP contribution < -0.4 is 4.90 Å². The predicted octanol–water partition coefficient (Wildman–Crippen LogP) is 14.9. The smallest absolute Gasteiger partial charge is 0.159 e. The number of hydrogen-bond donors (Lipinski definition) is 0. The van der Waals surface area contributed by atoms with E-state index in [9.17, 15) is 0 Å². The first-order valence-corrected chi connectivity index (χ1v) is 18.4. The minimum atomic E-state index is 0.862. The fourth-order valence-electron chi connectivity index (χ4n) is 7.66. The van der Waals surface area contributed by atoms with E-state index in [1.807, 2.05) is 6.07 Å². The molecule has 1 heterocycles. The molecule has 0 radical (unpaired) electrons. The molecule has 0 saturated heterocycles. The molecule has 0 unspecified atom stereocenters. The molecular weight excluding hydrogens is 655 g/mol. The van der Waals surface area contributed by atoms with Gasteiger partial charge in [0.25, 0.3) is 0 Å². The topological polar surface area (TPSA) is 16.4 Å². The molecule has 0 aliphatic carbocycles. The molecule has 254 valence electrons. The largest absolute Gasteiger partial charge is 0.454 e. The number of nitrogens with zero attached hydrogens (tertiary/aromatic N) is 1. The Bertz CT molecular complexity index is 2890. The van der Waals surface area contributed by atoms with E-state index in [2.05, 4.69) is 211 Å². The highest BCUT2D eigenvalue weighted by atomic mass is 16.3. The van der Waals surface area contributed by atoms with Gasteiger partial charge in [0.2, 0.25) is 0 Å². The molecule has 1 aromatic heterocycles. The van der Waals surface area contributed by atoms with Gasteiger partial charge in [-0.25, -0.2) is 0 Å². The van der Waals surface area contributed by atoms with Crippen LogP contribution in [0.3, 0.4) is 0 Å². The second-order valence-corrected chi connectivity index (χ2v) is 13.8. The number of rotatable bonds is 7. The molecule has 10 aromatic rings. The second kappa shape index (κ2) is 13.4. The van der Waals surface area contributed by atoms with E-state index in [0.717, 1.165) is 50.1 Å². The number of anilines is 3. The summed E-state index contributed by atoms with van der Waals surface area (Å²) in [5, 5.41) is 4.65. The van der Waals surface area contributed by atoms with Crippen LogP contribution in [-0.4, -0.2) is 0 Å². The lowest BCUT2D eigenvalue weighted by Gasteiger charge is -2.26.